The summed E-state index contributed by atoms with van der Waals surface area (Å²) in [6, 6.07) is 13.3. The molecule has 0 saturated heterocycles. The number of aliphatic hydroxyl groups is 1. The molecule has 0 radical (unpaired) electrons. The summed E-state index contributed by atoms with van der Waals surface area (Å²) in [5.74, 6) is 0. The van der Waals surface area contributed by atoms with Gasteiger partial charge in [0.25, 0.3) is 0 Å². The van der Waals surface area contributed by atoms with Crippen molar-refractivity contribution in [3.8, 4) is 0 Å². The van der Waals surface area contributed by atoms with E-state index < -0.39 is 0 Å². The van der Waals surface area contributed by atoms with E-state index in [1.165, 1.54) is 0 Å². The van der Waals surface area contributed by atoms with E-state index in [-0.39, 0.29) is 11.1 Å². The van der Waals surface area contributed by atoms with Crippen LogP contribution in [0.5, 0.6) is 0 Å². The molecule has 23 heavy (non-hydrogen) atoms. The van der Waals surface area contributed by atoms with Gasteiger partial charge in [-0.1, -0.05) is 35.3 Å². The van der Waals surface area contributed by atoms with E-state index in [1.807, 2.05) is 30.3 Å². The van der Waals surface area contributed by atoms with Crippen molar-refractivity contribution in [1.82, 2.24) is 0 Å². The van der Waals surface area contributed by atoms with Crippen molar-refractivity contribution < 1.29 is 5.11 Å². The van der Waals surface area contributed by atoms with Gasteiger partial charge in [-0.15, -0.1) is 0 Å². The second kappa shape index (κ2) is 6.93. The molecule has 0 amide bonds. The fraction of sp³-hybridized carbons (Fsp3) is 0.125. The Labute approximate surface area is 163 Å². The molecule has 1 atom stereocenters. The normalized spacial score (nSPS) is 17.3. The maximum Gasteiger partial charge on any atom is 0.205 e. The largest absolute Gasteiger partial charge is 0.498 e. The molecule has 2 aromatic carbocycles. The van der Waals surface area contributed by atoms with Crippen LogP contribution >= 0.6 is 58.0 Å². The molecule has 118 valence electrons. The van der Waals surface area contributed by atoms with Gasteiger partial charge in [-0.25, -0.2) is 0 Å². The molecule has 1 aliphatic rings. The number of halogens is 3. The van der Waals surface area contributed by atoms with Crippen LogP contribution in [-0.4, -0.2) is 15.9 Å². The maximum atomic E-state index is 9.66. The summed E-state index contributed by atoms with van der Waals surface area (Å²) >= 11 is 19.4. The van der Waals surface area contributed by atoms with Crippen molar-refractivity contribution in [3.05, 3.63) is 61.6 Å². The van der Waals surface area contributed by atoms with Crippen LogP contribution in [0.1, 0.15) is 18.0 Å². The predicted molar refractivity (Wildman–Crippen MR) is 108 cm³/mol. The molecular formula is C16H11Cl2IN2OS. The van der Waals surface area contributed by atoms with Gasteiger partial charge < -0.3 is 5.11 Å². The van der Waals surface area contributed by atoms with Crippen LogP contribution in [0.15, 0.2) is 47.6 Å². The van der Waals surface area contributed by atoms with Gasteiger partial charge in [0.05, 0.1) is 16.8 Å². The molecule has 7 heteroatoms. The van der Waals surface area contributed by atoms with Gasteiger partial charge in [-0.05, 0) is 70.7 Å². The third-order valence-electron chi connectivity index (χ3n) is 3.57. The van der Waals surface area contributed by atoms with E-state index in [0.717, 1.165) is 14.8 Å². The van der Waals surface area contributed by atoms with Crippen LogP contribution in [0.2, 0.25) is 10.0 Å². The van der Waals surface area contributed by atoms with Gasteiger partial charge in [0.1, 0.15) is 5.71 Å². The number of aliphatic hydroxyl groups excluding tert-OH is 1. The summed E-state index contributed by atoms with van der Waals surface area (Å²) in [4.78, 5) is 0. The number of nitrogens with zero attached hydrogens (tertiary/aromatic N) is 2. The lowest BCUT2D eigenvalue weighted by molar-refractivity contribution is 0.578. The smallest absolute Gasteiger partial charge is 0.205 e. The zero-order valence-electron chi connectivity index (χ0n) is 11.7. The van der Waals surface area contributed by atoms with E-state index in [4.69, 9.17) is 35.4 Å². The van der Waals surface area contributed by atoms with Crippen LogP contribution in [-0.2, 0) is 0 Å². The molecule has 0 fully saturated rings. The minimum Gasteiger partial charge on any atom is -0.498 e. The van der Waals surface area contributed by atoms with Crippen LogP contribution in [0.25, 0.3) is 0 Å². The molecule has 0 saturated carbocycles. The van der Waals surface area contributed by atoms with E-state index >= 15 is 0 Å². The molecule has 0 aromatic heterocycles. The van der Waals surface area contributed by atoms with Crippen molar-refractivity contribution >= 4 is 74.5 Å². The van der Waals surface area contributed by atoms with Crippen LogP contribution < -0.4 is 5.01 Å². The van der Waals surface area contributed by atoms with Gasteiger partial charge in [0.15, 0.2) is 0 Å². The van der Waals surface area contributed by atoms with Crippen molar-refractivity contribution in [2.75, 3.05) is 5.01 Å². The standard InChI is InChI=1S/C16H11Cl2IN2OS/c17-10-3-6-14(12(18)7-10)21-15(8-13(20-21)16(22)23)9-1-4-11(19)5-2-9/h1-7,15H,8H2,(H,22,23). The Kier molecular flexibility index (Phi) is 5.10. The minimum atomic E-state index is -0.187. The van der Waals surface area contributed by atoms with Crippen molar-refractivity contribution in [2.24, 2.45) is 5.10 Å². The predicted octanol–water partition coefficient (Wildman–Crippen LogP) is 5.79. The van der Waals surface area contributed by atoms with E-state index in [9.17, 15) is 5.11 Å². The van der Waals surface area contributed by atoms with Crippen molar-refractivity contribution in [2.45, 2.75) is 12.5 Å². The van der Waals surface area contributed by atoms with Crippen molar-refractivity contribution in [1.29, 1.82) is 0 Å². The highest BCUT2D eigenvalue weighted by atomic mass is 127. The summed E-state index contributed by atoms with van der Waals surface area (Å²) in [5, 5.41) is 16.8. The number of rotatable bonds is 3. The number of hydrazone groups is 1. The van der Waals surface area contributed by atoms with Crippen molar-refractivity contribution in [3.63, 3.8) is 0 Å². The highest BCUT2D eigenvalue weighted by molar-refractivity contribution is 14.1. The summed E-state index contributed by atoms with van der Waals surface area (Å²) < 4.78 is 1.15. The second-order valence-electron chi connectivity index (χ2n) is 5.06. The molecule has 1 N–H and O–H groups in total. The van der Waals surface area contributed by atoms with Crippen LogP contribution in [0.3, 0.4) is 0 Å². The molecule has 0 spiro atoms. The third kappa shape index (κ3) is 3.63. The van der Waals surface area contributed by atoms with Gasteiger partial charge in [0, 0.05) is 15.0 Å². The highest BCUT2D eigenvalue weighted by Gasteiger charge is 2.32. The molecule has 0 bridgehead atoms. The number of benzene rings is 2. The Morgan fingerprint density at radius 3 is 2.52 bits per heavy atom. The lowest BCUT2D eigenvalue weighted by Gasteiger charge is -2.25. The lowest BCUT2D eigenvalue weighted by atomic mass is 10.0. The number of hydrogen-bond acceptors (Lipinski definition) is 3. The third-order valence-corrected chi connectivity index (χ3v) is 5.06. The highest BCUT2D eigenvalue weighted by Crippen LogP contribution is 2.39. The average Bonchev–Trinajstić information content (AvgIpc) is 2.93. The van der Waals surface area contributed by atoms with Gasteiger partial charge in [-0.2, -0.15) is 5.10 Å². The molecule has 3 nitrogen and oxygen atoms in total. The van der Waals surface area contributed by atoms with Crippen LogP contribution in [0, 0.1) is 3.57 Å². The second-order valence-corrected chi connectivity index (χ2v) is 7.54. The van der Waals surface area contributed by atoms with Gasteiger partial charge in [0.2, 0.25) is 5.05 Å². The van der Waals surface area contributed by atoms with E-state index in [0.29, 0.717) is 22.2 Å². The first kappa shape index (κ1) is 17.0. The first-order valence-corrected chi connectivity index (χ1v) is 9.00. The molecule has 3 rings (SSSR count). The lowest BCUT2D eigenvalue weighted by Crippen LogP contribution is -2.19. The Balaban J connectivity index is 2.04. The molecule has 1 unspecified atom stereocenters. The molecule has 1 heterocycles. The Morgan fingerprint density at radius 1 is 1.22 bits per heavy atom. The zero-order valence-corrected chi connectivity index (χ0v) is 16.2. The fourth-order valence-corrected chi connectivity index (χ4v) is 3.45. The first-order chi connectivity index (χ1) is 11.0. The topological polar surface area (TPSA) is 35.8 Å². The summed E-state index contributed by atoms with van der Waals surface area (Å²) in [7, 11) is 0. The SMILES string of the molecule is OC(=S)C1=NN(c2ccc(Cl)cc2Cl)C(c2ccc(I)cc2)C1. The molecule has 1 aliphatic heterocycles. The van der Waals surface area contributed by atoms with E-state index in [2.05, 4.69) is 27.7 Å². The average molecular weight is 477 g/mol. The molecule has 0 aliphatic carbocycles. The number of hydrogen-bond donors (Lipinski definition) is 1. The maximum absolute atomic E-state index is 9.66. The summed E-state index contributed by atoms with van der Waals surface area (Å²) in [6.07, 6.45) is 0.523. The first-order valence-electron chi connectivity index (χ1n) is 6.76. The molecular weight excluding hydrogens is 466 g/mol. The zero-order chi connectivity index (χ0) is 16.6. The number of anilines is 1. The van der Waals surface area contributed by atoms with Gasteiger partial charge >= 0.3 is 0 Å². The Morgan fingerprint density at radius 2 is 1.91 bits per heavy atom. The summed E-state index contributed by atoms with van der Waals surface area (Å²) in [5.41, 5.74) is 2.28. The van der Waals surface area contributed by atoms with E-state index in [1.54, 1.807) is 17.1 Å². The summed E-state index contributed by atoms with van der Waals surface area (Å²) in [6.45, 7) is 0. The fourth-order valence-electron chi connectivity index (χ4n) is 2.47. The quantitative estimate of drug-likeness (QED) is 0.449. The van der Waals surface area contributed by atoms with Gasteiger partial charge in [-0.3, -0.25) is 5.01 Å². The number of thiocarbonyl (C=S) groups is 1. The minimum absolute atomic E-state index is 0.0780. The molecule has 2 aromatic rings. The Bertz CT molecular complexity index is 795. The monoisotopic (exact) mass is 476 g/mol. The van der Waals surface area contributed by atoms with Crippen LogP contribution in [0.4, 0.5) is 5.69 Å². The Hall–Kier alpha value is -0.890.